The minimum absolute atomic E-state index is 0.0251. The minimum Gasteiger partial charge on any atom is -0.367 e. The number of piperidine rings is 1. The molecule has 3 rings (SSSR count). The van der Waals surface area contributed by atoms with Crippen LogP contribution in [-0.2, 0) is 7.05 Å². The fraction of sp³-hybridized carbons (Fsp3) is 0.438. The predicted molar refractivity (Wildman–Crippen MR) is 87.7 cm³/mol. The first-order valence-corrected chi connectivity index (χ1v) is 7.77. The summed E-state index contributed by atoms with van der Waals surface area (Å²) in [5.41, 5.74) is 1.61. The monoisotopic (exact) mass is 315 g/mol. The quantitative estimate of drug-likeness (QED) is 0.878. The Labute approximate surface area is 134 Å². The third kappa shape index (κ3) is 3.44. The lowest BCUT2D eigenvalue weighted by molar-refractivity contribution is 0.0931. The number of nitrogens with one attached hydrogen (secondary N) is 2. The molecule has 2 aromatic heterocycles. The number of nitrogens with zero attached hydrogens (tertiary/aromatic N) is 3. The molecule has 0 bridgehead atoms. The van der Waals surface area contributed by atoms with Gasteiger partial charge in [-0.05, 0) is 31.9 Å². The Morgan fingerprint density at radius 2 is 2.26 bits per heavy atom. The Morgan fingerprint density at radius 1 is 1.43 bits per heavy atom. The number of H-pyrrole nitrogens is 1. The first-order chi connectivity index (χ1) is 11.0. The first-order valence-electron chi connectivity index (χ1n) is 7.77. The summed E-state index contributed by atoms with van der Waals surface area (Å²) in [6.07, 6.45) is 5.69. The second-order valence-corrected chi connectivity index (χ2v) is 6.01. The van der Waals surface area contributed by atoms with Crippen LogP contribution in [0.15, 0.2) is 29.3 Å². The maximum atomic E-state index is 12.3. The Bertz CT molecular complexity index is 764. The molecule has 7 nitrogen and oxygen atoms in total. The standard InChI is InChI=1S/C16H21N5O2/c1-11-5-6-14(15(22)18-11)16(23)19-12-4-3-7-21(9-12)13-8-17-20(2)10-13/h5-6,8,10,12H,3-4,7,9H2,1-2H3,(H,18,22)(H,19,23)/t12-/m1/s1. The molecular formula is C16H21N5O2. The molecule has 1 aliphatic heterocycles. The van der Waals surface area contributed by atoms with Crippen molar-refractivity contribution in [3.8, 4) is 0 Å². The van der Waals surface area contributed by atoms with Gasteiger partial charge in [-0.25, -0.2) is 0 Å². The maximum absolute atomic E-state index is 12.3. The van der Waals surface area contributed by atoms with Gasteiger partial charge in [0.05, 0.1) is 11.9 Å². The molecule has 1 amide bonds. The Hall–Kier alpha value is -2.57. The highest BCUT2D eigenvalue weighted by molar-refractivity contribution is 5.94. The number of hydrogen-bond donors (Lipinski definition) is 2. The first kappa shape index (κ1) is 15.3. The normalized spacial score (nSPS) is 18.0. The zero-order chi connectivity index (χ0) is 16.4. The Kier molecular flexibility index (Phi) is 4.18. The number of pyridine rings is 1. The van der Waals surface area contributed by atoms with Gasteiger partial charge in [0.2, 0.25) is 0 Å². The van der Waals surface area contributed by atoms with Crippen molar-refractivity contribution in [2.45, 2.75) is 25.8 Å². The third-order valence-electron chi connectivity index (χ3n) is 4.11. The van der Waals surface area contributed by atoms with Crippen LogP contribution in [0.1, 0.15) is 28.9 Å². The van der Waals surface area contributed by atoms with Crippen molar-refractivity contribution in [1.29, 1.82) is 0 Å². The number of rotatable bonds is 3. The number of anilines is 1. The maximum Gasteiger partial charge on any atom is 0.260 e. The molecule has 1 saturated heterocycles. The van der Waals surface area contributed by atoms with Gasteiger partial charge in [0.1, 0.15) is 5.56 Å². The fourth-order valence-electron chi connectivity index (χ4n) is 2.92. The molecule has 1 atom stereocenters. The van der Waals surface area contributed by atoms with Gasteiger partial charge in [-0.1, -0.05) is 0 Å². The summed E-state index contributed by atoms with van der Waals surface area (Å²) in [4.78, 5) is 29.1. The molecule has 23 heavy (non-hydrogen) atoms. The van der Waals surface area contributed by atoms with Crippen LogP contribution in [0.3, 0.4) is 0 Å². The van der Waals surface area contributed by atoms with E-state index in [1.807, 2.05) is 19.4 Å². The molecule has 0 radical (unpaired) electrons. The summed E-state index contributed by atoms with van der Waals surface area (Å²) in [7, 11) is 1.89. The summed E-state index contributed by atoms with van der Waals surface area (Å²) >= 11 is 0. The highest BCUT2D eigenvalue weighted by Crippen LogP contribution is 2.19. The van der Waals surface area contributed by atoms with Crippen LogP contribution in [0.4, 0.5) is 5.69 Å². The number of carbonyl (C=O) groups excluding carboxylic acids is 1. The number of carbonyl (C=O) groups is 1. The minimum atomic E-state index is -0.345. The molecule has 0 unspecified atom stereocenters. The number of hydrogen-bond acceptors (Lipinski definition) is 4. The average Bonchev–Trinajstić information content (AvgIpc) is 2.94. The lowest BCUT2D eigenvalue weighted by Gasteiger charge is -2.33. The van der Waals surface area contributed by atoms with Crippen LogP contribution < -0.4 is 15.8 Å². The van der Waals surface area contributed by atoms with Gasteiger partial charge in [-0.15, -0.1) is 0 Å². The molecule has 0 aromatic carbocycles. The highest BCUT2D eigenvalue weighted by atomic mass is 16.2. The SMILES string of the molecule is Cc1ccc(C(=O)N[C@@H]2CCCN(c3cnn(C)c3)C2)c(=O)[nH]1. The van der Waals surface area contributed by atoms with E-state index in [4.69, 9.17) is 0 Å². The van der Waals surface area contributed by atoms with Crippen molar-refractivity contribution < 1.29 is 4.79 Å². The van der Waals surface area contributed by atoms with E-state index in [2.05, 4.69) is 20.3 Å². The predicted octanol–water partition coefficient (Wildman–Crippen LogP) is 0.816. The van der Waals surface area contributed by atoms with E-state index < -0.39 is 0 Å². The lowest BCUT2D eigenvalue weighted by atomic mass is 10.0. The lowest BCUT2D eigenvalue weighted by Crippen LogP contribution is -2.48. The molecular weight excluding hydrogens is 294 g/mol. The van der Waals surface area contributed by atoms with Gasteiger partial charge in [-0.3, -0.25) is 14.3 Å². The summed E-state index contributed by atoms with van der Waals surface area (Å²) in [5.74, 6) is -0.315. The zero-order valence-corrected chi connectivity index (χ0v) is 13.4. The Morgan fingerprint density at radius 3 is 2.96 bits per heavy atom. The van der Waals surface area contributed by atoms with Crippen molar-refractivity contribution in [2.75, 3.05) is 18.0 Å². The average molecular weight is 315 g/mol. The topological polar surface area (TPSA) is 83.0 Å². The van der Waals surface area contributed by atoms with Crippen molar-refractivity contribution in [3.63, 3.8) is 0 Å². The summed E-state index contributed by atoms with van der Waals surface area (Å²) < 4.78 is 1.77. The van der Waals surface area contributed by atoms with Gasteiger partial charge in [-0.2, -0.15) is 5.10 Å². The third-order valence-corrected chi connectivity index (χ3v) is 4.11. The molecule has 2 aromatic rings. The van der Waals surface area contributed by atoms with Crippen LogP contribution in [-0.4, -0.2) is 39.8 Å². The molecule has 122 valence electrons. The molecule has 7 heteroatoms. The van der Waals surface area contributed by atoms with Crippen LogP contribution >= 0.6 is 0 Å². The van der Waals surface area contributed by atoms with E-state index in [9.17, 15) is 9.59 Å². The molecule has 0 aliphatic carbocycles. The molecule has 0 saturated carbocycles. The largest absolute Gasteiger partial charge is 0.367 e. The van der Waals surface area contributed by atoms with E-state index in [0.29, 0.717) is 0 Å². The van der Waals surface area contributed by atoms with Crippen molar-refractivity contribution in [3.05, 3.63) is 46.1 Å². The van der Waals surface area contributed by atoms with Gasteiger partial charge in [0, 0.05) is 38.1 Å². The summed E-state index contributed by atoms with van der Waals surface area (Å²) in [6.45, 7) is 3.46. The van der Waals surface area contributed by atoms with Crippen molar-refractivity contribution >= 4 is 11.6 Å². The molecule has 3 heterocycles. The van der Waals surface area contributed by atoms with Crippen molar-refractivity contribution in [1.82, 2.24) is 20.1 Å². The van der Waals surface area contributed by atoms with E-state index in [1.54, 1.807) is 23.7 Å². The number of amides is 1. The van der Waals surface area contributed by atoms with E-state index in [1.165, 1.54) is 0 Å². The fourth-order valence-corrected chi connectivity index (χ4v) is 2.92. The summed E-state index contributed by atoms with van der Waals surface area (Å²) in [6, 6.07) is 3.34. The van der Waals surface area contributed by atoms with E-state index >= 15 is 0 Å². The number of aryl methyl sites for hydroxylation is 2. The van der Waals surface area contributed by atoms with Crippen LogP contribution in [0.25, 0.3) is 0 Å². The molecule has 0 spiro atoms. The van der Waals surface area contributed by atoms with Crippen molar-refractivity contribution in [2.24, 2.45) is 7.05 Å². The number of aromatic amines is 1. The smallest absolute Gasteiger partial charge is 0.260 e. The van der Waals surface area contributed by atoms with E-state index in [0.717, 1.165) is 37.3 Å². The van der Waals surface area contributed by atoms with E-state index in [-0.39, 0.29) is 23.1 Å². The van der Waals surface area contributed by atoms with Crippen LogP contribution in [0.5, 0.6) is 0 Å². The molecule has 1 aliphatic rings. The van der Waals surface area contributed by atoms with Gasteiger partial charge < -0.3 is 15.2 Å². The molecule has 1 fully saturated rings. The highest BCUT2D eigenvalue weighted by Gasteiger charge is 2.23. The summed E-state index contributed by atoms with van der Waals surface area (Å²) in [5, 5.41) is 7.16. The van der Waals surface area contributed by atoms with Gasteiger partial charge >= 0.3 is 0 Å². The second-order valence-electron chi connectivity index (χ2n) is 6.01. The number of aromatic nitrogens is 3. The van der Waals surface area contributed by atoms with Crippen LogP contribution in [0.2, 0.25) is 0 Å². The Balaban J connectivity index is 1.67. The molecule has 2 N–H and O–H groups in total. The second kappa shape index (κ2) is 6.28. The van der Waals surface area contributed by atoms with Gasteiger partial charge in [0.25, 0.3) is 11.5 Å². The zero-order valence-electron chi connectivity index (χ0n) is 13.4. The van der Waals surface area contributed by atoms with Crippen LogP contribution in [0, 0.1) is 6.92 Å². The van der Waals surface area contributed by atoms with Gasteiger partial charge in [0.15, 0.2) is 0 Å².